The van der Waals surface area contributed by atoms with Gasteiger partial charge in [0.1, 0.15) is 0 Å². The van der Waals surface area contributed by atoms with Crippen molar-refractivity contribution in [3.05, 3.63) is 0 Å². The maximum absolute atomic E-state index is 11.4. The van der Waals surface area contributed by atoms with Crippen LogP contribution in [0, 0.1) is 0 Å². The molecule has 0 spiro atoms. The van der Waals surface area contributed by atoms with Gasteiger partial charge in [-0.15, -0.1) is 0 Å². The highest BCUT2D eigenvalue weighted by Crippen LogP contribution is 2.13. The van der Waals surface area contributed by atoms with E-state index in [1.165, 1.54) is 19.3 Å². The van der Waals surface area contributed by atoms with E-state index in [0.717, 1.165) is 26.1 Å². The molecule has 2 rings (SSSR count). The van der Waals surface area contributed by atoms with Gasteiger partial charge >= 0.3 is 0 Å². The summed E-state index contributed by atoms with van der Waals surface area (Å²) in [6, 6.07) is 1.15. The Morgan fingerprint density at radius 1 is 1.25 bits per heavy atom. The number of hydrogen-bond donors (Lipinski definition) is 2. The lowest BCUT2D eigenvalue weighted by molar-refractivity contribution is -0.132. The second-order valence-corrected chi connectivity index (χ2v) is 5.05. The summed E-state index contributed by atoms with van der Waals surface area (Å²) in [6.07, 6.45) is 5.46. The van der Waals surface area contributed by atoms with Gasteiger partial charge in [-0.25, -0.2) is 0 Å². The lowest BCUT2D eigenvalue weighted by atomic mass is 10.0. The number of nitrogens with zero attached hydrogens (tertiary/aromatic N) is 1. The Morgan fingerprint density at radius 3 is 2.94 bits per heavy atom. The Balaban J connectivity index is 1.78. The third-order valence-corrected chi connectivity index (χ3v) is 3.67. The van der Waals surface area contributed by atoms with E-state index in [9.17, 15) is 4.79 Å². The molecule has 0 aromatic rings. The second-order valence-electron chi connectivity index (χ2n) is 5.05. The highest BCUT2D eigenvalue weighted by Gasteiger charge is 2.24. The van der Waals surface area contributed by atoms with Crippen molar-refractivity contribution < 1.29 is 4.79 Å². The van der Waals surface area contributed by atoms with E-state index in [1.807, 2.05) is 11.9 Å². The third-order valence-electron chi connectivity index (χ3n) is 3.67. The van der Waals surface area contributed by atoms with E-state index in [1.54, 1.807) is 0 Å². The summed E-state index contributed by atoms with van der Waals surface area (Å²) in [7, 11) is 1.91. The number of carbonyl (C=O) groups excluding carboxylic acids is 1. The van der Waals surface area contributed by atoms with Gasteiger partial charge in [-0.3, -0.25) is 4.79 Å². The number of piperidine rings is 1. The molecule has 0 aromatic heterocycles. The molecule has 0 radical (unpaired) electrons. The number of likely N-dealkylation sites (tertiary alicyclic amines) is 1. The zero-order chi connectivity index (χ0) is 11.4. The minimum Gasteiger partial charge on any atom is -0.344 e. The number of rotatable bonds is 2. The van der Waals surface area contributed by atoms with Gasteiger partial charge < -0.3 is 15.5 Å². The molecule has 0 saturated carbocycles. The maximum Gasteiger partial charge on any atom is 0.222 e. The van der Waals surface area contributed by atoms with Crippen LogP contribution in [-0.4, -0.2) is 49.6 Å². The normalized spacial score (nSPS) is 32.6. The van der Waals surface area contributed by atoms with E-state index in [0.29, 0.717) is 24.4 Å². The standard InChI is InChI=1S/C12H23N3O/c1-15-9-11(4-5-12(15)16)14-10-3-2-7-13-8-6-10/h10-11,13-14H,2-9H2,1H3. The smallest absolute Gasteiger partial charge is 0.222 e. The Hall–Kier alpha value is -0.610. The van der Waals surface area contributed by atoms with E-state index in [2.05, 4.69) is 10.6 Å². The molecule has 16 heavy (non-hydrogen) atoms. The lowest BCUT2D eigenvalue weighted by Crippen LogP contribution is -2.49. The van der Waals surface area contributed by atoms with Crippen molar-refractivity contribution in [2.45, 2.75) is 44.2 Å². The van der Waals surface area contributed by atoms with E-state index in [4.69, 9.17) is 0 Å². The number of carbonyl (C=O) groups is 1. The summed E-state index contributed by atoms with van der Waals surface area (Å²) in [5, 5.41) is 7.14. The van der Waals surface area contributed by atoms with Crippen molar-refractivity contribution in [3.63, 3.8) is 0 Å². The fourth-order valence-electron chi connectivity index (χ4n) is 2.67. The quantitative estimate of drug-likeness (QED) is 0.712. The van der Waals surface area contributed by atoms with Gasteiger partial charge in [0, 0.05) is 32.1 Å². The molecule has 2 atom stereocenters. The first kappa shape index (κ1) is 11.9. The Labute approximate surface area is 97.8 Å². The maximum atomic E-state index is 11.4. The van der Waals surface area contributed by atoms with Crippen LogP contribution in [0.4, 0.5) is 0 Å². The van der Waals surface area contributed by atoms with E-state index < -0.39 is 0 Å². The average molecular weight is 225 g/mol. The lowest BCUT2D eigenvalue weighted by Gasteiger charge is -2.33. The van der Waals surface area contributed by atoms with Gasteiger partial charge in [-0.1, -0.05) is 0 Å². The van der Waals surface area contributed by atoms with Crippen LogP contribution in [-0.2, 0) is 4.79 Å². The predicted molar refractivity (Wildman–Crippen MR) is 64.3 cm³/mol. The van der Waals surface area contributed by atoms with Crippen molar-refractivity contribution in [3.8, 4) is 0 Å². The van der Waals surface area contributed by atoms with Crippen LogP contribution < -0.4 is 10.6 Å². The molecule has 2 fully saturated rings. The first-order chi connectivity index (χ1) is 7.75. The molecular weight excluding hydrogens is 202 g/mol. The zero-order valence-electron chi connectivity index (χ0n) is 10.2. The first-order valence-electron chi connectivity index (χ1n) is 6.46. The van der Waals surface area contributed by atoms with Gasteiger partial charge in [0.05, 0.1) is 0 Å². The molecule has 0 bridgehead atoms. The van der Waals surface area contributed by atoms with Gasteiger partial charge in [0.15, 0.2) is 0 Å². The van der Waals surface area contributed by atoms with Crippen LogP contribution in [0.1, 0.15) is 32.1 Å². The highest BCUT2D eigenvalue weighted by atomic mass is 16.2. The largest absolute Gasteiger partial charge is 0.344 e. The zero-order valence-corrected chi connectivity index (χ0v) is 10.2. The molecule has 2 heterocycles. The first-order valence-corrected chi connectivity index (χ1v) is 6.46. The van der Waals surface area contributed by atoms with Crippen LogP contribution in [0.3, 0.4) is 0 Å². The van der Waals surface area contributed by atoms with Crippen LogP contribution in [0.2, 0.25) is 0 Å². The van der Waals surface area contributed by atoms with Crippen molar-refractivity contribution >= 4 is 5.91 Å². The van der Waals surface area contributed by atoms with E-state index in [-0.39, 0.29) is 0 Å². The van der Waals surface area contributed by atoms with Crippen molar-refractivity contribution in [1.29, 1.82) is 0 Å². The van der Waals surface area contributed by atoms with Crippen LogP contribution >= 0.6 is 0 Å². The van der Waals surface area contributed by atoms with Crippen molar-refractivity contribution in [2.24, 2.45) is 0 Å². The molecule has 2 unspecified atom stereocenters. The molecule has 1 amide bonds. The van der Waals surface area contributed by atoms with Crippen LogP contribution in [0.25, 0.3) is 0 Å². The summed E-state index contributed by atoms with van der Waals surface area (Å²) in [5.41, 5.74) is 0. The monoisotopic (exact) mass is 225 g/mol. The summed E-state index contributed by atoms with van der Waals surface area (Å²) in [4.78, 5) is 13.2. The summed E-state index contributed by atoms with van der Waals surface area (Å²) in [5.74, 6) is 0.292. The highest BCUT2D eigenvalue weighted by molar-refractivity contribution is 5.76. The third kappa shape index (κ3) is 3.19. The van der Waals surface area contributed by atoms with Gasteiger partial charge in [0.25, 0.3) is 0 Å². The molecule has 2 aliphatic heterocycles. The van der Waals surface area contributed by atoms with Crippen molar-refractivity contribution in [2.75, 3.05) is 26.7 Å². The number of amides is 1. The van der Waals surface area contributed by atoms with Crippen molar-refractivity contribution in [1.82, 2.24) is 15.5 Å². The molecule has 2 N–H and O–H groups in total. The fraction of sp³-hybridized carbons (Fsp3) is 0.917. The SMILES string of the molecule is CN1CC(NC2CCCNCC2)CCC1=O. The van der Waals surface area contributed by atoms with Gasteiger partial charge in [-0.2, -0.15) is 0 Å². The average Bonchev–Trinajstić information content (AvgIpc) is 2.52. The van der Waals surface area contributed by atoms with Crippen LogP contribution in [0.5, 0.6) is 0 Å². The topological polar surface area (TPSA) is 44.4 Å². The predicted octanol–water partition coefficient (Wildman–Crippen LogP) is 0.339. The Kier molecular flexibility index (Phi) is 4.18. The molecule has 4 heteroatoms. The second kappa shape index (κ2) is 5.64. The summed E-state index contributed by atoms with van der Waals surface area (Å²) >= 11 is 0. The number of nitrogens with one attached hydrogen (secondary N) is 2. The molecule has 2 saturated heterocycles. The minimum absolute atomic E-state index is 0.292. The number of likely N-dealkylation sites (N-methyl/N-ethyl adjacent to an activating group) is 1. The minimum atomic E-state index is 0.292. The summed E-state index contributed by atoms with van der Waals surface area (Å²) in [6.45, 7) is 3.16. The van der Waals surface area contributed by atoms with Crippen LogP contribution in [0.15, 0.2) is 0 Å². The molecule has 92 valence electrons. The molecule has 0 aliphatic carbocycles. The summed E-state index contributed by atoms with van der Waals surface area (Å²) < 4.78 is 0. The molecule has 2 aliphatic rings. The Morgan fingerprint density at radius 2 is 2.12 bits per heavy atom. The van der Waals surface area contributed by atoms with Gasteiger partial charge in [-0.05, 0) is 38.8 Å². The Bertz CT molecular complexity index is 236. The molecular formula is C12H23N3O. The molecule has 0 aromatic carbocycles. The van der Waals surface area contributed by atoms with E-state index >= 15 is 0 Å². The molecule has 4 nitrogen and oxygen atoms in total. The fourth-order valence-corrected chi connectivity index (χ4v) is 2.67. The van der Waals surface area contributed by atoms with Gasteiger partial charge in [0.2, 0.25) is 5.91 Å². The number of hydrogen-bond acceptors (Lipinski definition) is 3.